The second-order valence-corrected chi connectivity index (χ2v) is 5.73. The van der Waals surface area contributed by atoms with Crippen LogP contribution in [0.15, 0.2) is 4.99 Å². The fourth-order valence-electron chi connectivity index (χ4n) is 2.33. The smallest absolute Gasteiger partial charge is 0.244 e. The van der Waals surface area contributed by atoms with Gasteiger partial charge in [0.05, 0.1) is 6.61 Å². The number of nitrogens with zero attached hydrogens (tertiary/aromatic N) is 2. The molecule has 1 saturated heterocycles. The lowest BCUT2D eigenvalue weighted by Crippen LogP contribution is -2.40. The van der Waals surface area contributed by atoms with Crippen LogP contribution in [0.1, 0.15) is 32.6 Å². The lowest BCUT2D eigenvalue weighted by atomic mass is 10.4. The van der Waals surface area contributed by atoms with Gasteiger partial charge in [-0.15, -0.1) is 0 Å². The summed E-state index contributed by atoms with van der Waals surface area (Å²) in [4.78, 5) is 18.2. The van der Waals surface area contributed by atoms with Gasteiger partial charge in [0.25, 0.3) is 0 Å². The van der Waals surface area contributed by atoms with E-state index >= 15 is 0 Å². The van der Waals surface area contributed by atoms with E-state index in [1.54, 1.807) is 0 Å². The Kier molecular flexibility index (Phi) is 6.79. The summed E-state index contributed by atoms with van der Waals surface area (Å²) in [5.74, 6) is 1.61. The molecule has 1 aliphatic heterocycles. The van der Waals surface area contributed by atoms with Crippen LogP contribution in [0.5, 0.6) is 0 Å². The van der Waals surface area contributed by atoms with Gasteiger partial charge in [0, 0.05) is 32.8 Å². The minimum Gasteiger partial charge on any atom is -0.379 e. The number of hydrogen-bond acceptors (Lipinski definition) is 3. The van der Waals surface area contributed by atoms with Crippen molar-refractivity contribution in [3.63, 3.8) is 0 Å². The number of aliphatic imine (C=N–C) groups is 1. The van der Waals surface area contributed by atoms with E-state index in [-0.39, 0.29) is 12.5 Å². The van der Waals surface area contributed by atoms with Crippen molar-refractivity contribution in [1.29, 1.82) is 0 Å². The number of carbonyl (C=O) groups excluding carboxylic acids is 1. The van der Waals surface area contributed by atoms with Crippen molar-refractivity contribution in [1.82, 2.24) is 15.5 Å². The predicted molar refractivity (Wildman–Crippen MR) is 83.3 cm³/mol. The molecule has 0 aromatic carbocycles. The van der Waals surface area contributed by atoms with Crippen LogP contribution in [0.3, 0.4) is 0 Å². The van der Waals surface area contributed by atoms with Crippen LogP contribution in [0.4, 0.5) is 0 Å². The largest absolute Gasteiger partial charge is 0.379 e. The molecule has 0 unspecified atom stereocenters. The summed E-state index contributed by atoms with van der Waals surface area (Å²) < 4.78 is 5.57. The standard InChI is InChI=1S/C15H28N4O2/c1-2-16-15(17-7-10-21-12-13-5-6-13)18-11-14(20)19-8-3-4-9-19/h13H,2-12H2,1H3,(H2,16,17,18). The molecule has 1 amide bonds. The monoisotopic (exact) mass is 296 g/mol. The van der Waals surface area contributed by atoms with Gasteiger partial charge in [-0.2, -0.15) is 0 Å². The zero-order valence-corrected chi connectivity index (χ0v) is 13.1. The van der Waals surface area contributed by atoms with Gasteiger partial charge in [0.2, 0.25) is 5.91 Å². The zero-order chi connectivity index (χ0) is 14.9. The van der Waals surface area contributed by atoms with Gasteiger partial charge < -0.3 is 20.3 Å². The van der Waals surface area contributed by atoms with E-state index < -0.39 is 0 Å². The number of hydrogen-bond donors (Lipinski definition) is 2. The van der Waals surface area contributed by atoms with E-state index in [2.05, 4.69) is 15.6 Å². The molecule has 120 valence electrons. The van der Waals surface area contributed by atoms with Crippen molar-refractivity contribution in [2.24, 2.45) is 10.9 Å². The molecule has 21 heavy (non-hydrogen) atoms. The van der Waals surface area contributed by atoms with Gasteiger partial charge in [-0.25, -0.2) is 4.99 Å². The Morgan fingerprint density at radius 2 is 2.05 bits per heavy atom. The molecule has 0 aromatic heterocycles. The maximum atomic E-state index is 12.0. The topological polar surface area (TPSA) is 66.0 Å². The van der Waals surface area contributed by atoms with Crippen LogP contribution in [0, 0.1) is 5.92 Å². The molecule has 6 nitrogen and oxygen atoms in total. The van der Waals surface area contributed by atoms with Gasteiger partial charge >= 0.3 is 0 Å². The molecule has 6 heteroatoms. The highest BCUT2D eigenvalue weighted by Gasteiger charge is 2.21. The summed E-state index contributed by atoms with van der Waals surface area (Å²) in [5.41, 5.74) is 0. The Hall–Kier alpha value is -1.30. The molecule has 2 rings (SSSR count). The predicted octanol–water partition coefficient (Wildman–Crippen LogP) is 0.591. The Morgan fingerprint density at radius 1 is 1.29 bits per heavy atom. The van der Waals surface area contributed by atoms with Crippen molar-refractivity contribution < 1.29 is 9.53 Å². The van der Waals surface area contributed by atoms with Crippen LogP contribution in [0.2, 0.25) is 0 Å². The third kappa shape index (κ3) is 6.33. The summed E-state index contributed by atoms with van der Waals surface area (Å²) >= 11 is 0. The number of likely N-dealkylation sites (tertiary alicyclic amines) is 1. The van der Waals surface area contributed by atoms with Crippen LogP contribution in [0.25, 0.3) is 0 Å². The number of rotatable bonds is 8. The summed E-state index contributed by atoms with van der Waals surface area (Å²) in [7, 11) is 0. The molecule has 2 fully saturated rings. The number of nitrogens with one attached hydrogen (secondary N) is 2. The molecule has 0 aromatic rings. The van der Waals surface area contributed by atoms with E-state index in [9.17, 15) is 4.79 Å². The van der Waals surface area contributed by atoms with E-state index in [1.165, 1.54) is 12.8 Å². The van der Waals surface area contributed by atoms with Gasteiger partial charge in [0.15, 0.2) is 5.96 Å². The SMILES string of the molecule is CCNC(=NCC(=O)N1CCCC1)NCCOCC1CC1. The van der Waals surface area contributed by atoms with Gasteiger partial charge in [-0.1, -0.05) is 0 Å². The van der Waals surface area contributed by atoms with Gasteiger partial charge in [0.1, 0.15) is 6.54 Å². The molecule has 2 N–H and O–H groups in total. The van der Waals surface area contributed by atoms with Crippen molar-refractivity contribution >= 4 is 11.9 Å². The number of carbonyl (C=O) groups is 1. The normalized spacial score (nSPS) is 18.9. The number of amides is 1. The molecule has 0 atom stereocenters. The highest BCUT2D eigenvalue weighted by Crippen LogP contribution is 2.28. The quantitative estimate of drug-likeness (QED) is 0.391. The highest BCUT2D eigenvalue weighted by atomic mass is 16.5. The lowest BCUT2D eigenvalue weighted by Gasteiger charge is -2.15. The average Bonchev–Trinajstić information content (AvgIpc) is 3.14. The summed E-state index contributed by atoms with van der Waals surface area (Å²) in [6.07, 6.45) is 4.87. The summed E-state index contributed by atoms with van der Waals surface area (Å²) in [6, 6.07) is 0. The second-order valence-electron chi connectivity index (χ2n) is 5.73. The molecule has 1 aliphatic carbocycles. The van der Waals surface area contributed by atoms with Crippen molar-refractivity contribution in [3.05, 3.63) is 0 Å². The number of ether oxygens (including phenoxy) is 1. The minimum absolute atomic E-state index is 0.120. The third-order valence-corrected chi connectivity index (χ3v) is 3.76. The summed E-state index contributed by atoms with van der Waals surface area (Å²) in [6.45, 7) is 7.06. The molecule has 1 saturated carbocycles. The maximum absolute atomic E-state index is 12.0. The zero-order valence-electron chi connectivity index (χ0n) is 13.1. The van der Waals surface area contributed by atoms with Crippen LogP contribution in [-0.2, 0) is 9.53 Å². The number of guanidine groups is 1. The fraction of sp³-hybridized carbons (Fsp3) is 0.867. The fourth-order valence-corrected chi connectivity index (χ4v) is 2.33. The van der Waals surface area contributed by atoms with Gasteiger partial charge in [-0.05, 0) is 38.5 Å². The molecule has 0 radical (unpaired) electrons. The Balaban J connectivity index is 1.63. The van der Waals surface area contributed by atoms with Crippen molar-refractivity contribution in [3.8, 4) is 0 Å². The minimum atomic E-state index is 0.120. The molecule has 2 aliphatic rings. The van der Waals surface area contributed by atoms with Crippen molar-refractivity contribution in [2.75, 3.05) is 45.9 Å². The Labute approximate surface area is 127 Å². The second kappa shape index (κ2) is 8.87. The van der Waals surface area contributed by atoms with E-state index in [1.807, 2.05) is 11.8 Å². The average molecular weight is 296 g/mol. The Bertz CT molecular complexity index is 350. The lowest BCUT2D eigenvalue weighted by molar-refractivity contribution is -0.128. The van der Waals surface area contributed by atoms with Crippen LogP contribution >= 0.6 is 0 Å². The molecule has 0 bridgehead atoms. The molecule has 1 heterocycles. The molecular weight excluding hydrogens is 268 g/mol. The highest BCUT2D eigenvalue weighted by molar-refractivity contribution is 5.85. The van der Waals surface area contributed by atoms with E-state index in [4.69, 9.17) is 4.74 Å². The molecule has 0 spiro atoms. The maximum Gasteiger partial charge on any atom is 0.244 e. The molecular formula is C15H28N4O2. The Morgan fingerprint density at radius 3 is 2.71 bits per heavy atom. The first-order valence-corrected chi connectivity index (χ1v) is 8.17. The van der Waals surface area contributed by atoms with Crippen molar-refractivity contribution in [2.45, 2.75) is 32.6 Å². The van der Waals surface area contributed by atoms with E-state index in [0.717, 1.165) is 51.5 Å². The summed E-state index contributed by atoms with van der Waals surface area (Å²) in [5, 5.41) is 6.36. The van der Waals surface area contributed by atoms with Gasteiger partial charge in [-0.3, -0.25) is 4.79 Å². The third-order valence-electron chi connectivity index (χ3n) is 3.76. The first-order valence-electron chi connectivity index (χ1n) is 8.17. The van der Waals surface area contributed by atoms with Crippen LogP contribution in [-0.4, -0.2) is 62.7 Å². The first-order chi connectivity index (χ1) is 10.3. The van der Waals surface area contributed by atoms with E-state index in [0.29, 0.717) is 12.6 Å². The van der Waals surface area contributed by atoms with Crippen LogP contribution < -0.4 is 10.6 Å². The first kappa shape index (κ1) is 16.1.